The van der Waals surface area contributed by atoms with E-state index >= 15 is 0 Å². The molecule has 23 heavy (non-hydrogen) atoms. The SMILES string of the molecule is Cc1ccc2ncnc(N3CCN(CCP(=O)(O)O)CC3)c2c1. The van der Waals surface area contributed by atoms with Crippen molar-refractivity contribution in [3.8, 4) is 0 Å². The molecule has 0 aliphatic carbocycles. The number of fused-ring (bicyclic) bond motifs is 1. The fourth-order valence-electron chi connectivity index (χ4n) is 2.86. The Balaban J connectivity index is 1.71. The third-order valence-electron chi connectivity index (χ3n) is 4.15. The van der Waals surface area contributed by atoms with Crippen LogP contribution in [0.3, 0.4) is 0 Å². The lowest BCUT2D eigenvalue weighted by molar-refractivity contribution is 0.264. The highest BCUT2D eigenvalue weighted by atomic mass is 31.2. The predicted octanol–water partition coefficient (Wildman–Crippen LogP) is 1.24. The lowest BCUT2D eigenvalue weighted by Gasteiger charge is -2.35. The van der Waals surface area contributed by atoms with E-state index in [-0.39, 0.29) is 6.16 Å². The number of nitrogens with zero attached hydrogens (tertiary/aromatic N) is 4. The molecule has 0 radical (unpaired) electrons. The number of aromatic nitrogens is 2. The molecule has 1 saturated heterocycles. The average molecular weight is 336 g/mol. The number of aryl methyl sites for hydroxylation is 1. The first-order valence-corrected chi connectivity index (χ1v) is 9.45. The van der Waals surface area contributed by atoms with Gasteiger partial charge in [-0.2, -0.15) is 0 Å². The van der Waals surface area contributed by atoms with E-state index in [1.165, 1.54) is 5.56 Å². The molecule has 0 spiro atoms. The van der Waals surface area contributed by atoms with Gasteiger partial charge in [0, 0.05) is 38.1 Å². The molecular weight excluding hydrogens is 315 g/mol. The molecule has 2 N–H and O–H groups in total. The molecule has 1 aromatic heterocycles. The number of benzene rings is 1. The van der Waals surface area contributed by atoms with E-state index in [1.54, 1.807) is 6.33 Å². The molecule has 1 fully saturated rings. The van der Waals surface area contributed by atoms with Gasteiger partial charge in [0.1, 0.15) is 12.1 Å². The van der Waals surface area contributed by atoms with Crippen molar-refractivity contribution in [3.05, 3.63) is 30.1 Å². The highest BCUT2D eigenvalue weighted by Crippen LogP contribution is 2.33. The Labute approximate surface area is 135 Å². The van der Waals surface area contributed by atoms with Crippen molar-refractivity contribution < 1.29 is 14.4 Å². The van der Waals surface area contributed by atoms with Gasteiger partial charge in [-0.25, -0.2) is 9.97 Å². The monoisotopic (exact) mass is 336 g/mol. The standard InChI is InChI=1S/C15H21N4O3P/c1-12-2-3-14-13(10-12)15(17-11-16-14)19-6-4-18(5-7-19)8-9-23(20,21)22/h2-3,10-11H,4-9H2,1H3,(H2,20,21,22). The molecule has 1 aliphatic heterocycles. The van der Waals surface area contributed by atoms with Crippen LogP contribution in [0.1, 0.15) is 5.56 Å². The molecule has 0 saturated carbocycles. The van der Waals surface area contributed by atoms with Gasteiger partial charge in [-0.15, -0.1) is 0 Å². The van der Waals surface area contributed by atoms with Crippen LogP contribution in [0, 0.1) is 6.92 Å². The van der Waals surface area contributed by atoms with Gasteiger partial charge in [0.05, 0.1) is 11.7 Å². The van der Waals surface area contributed by atoms with Crippen LogP contribution in [0.25, 0.3) is 10.9 Å². The number of piperazine rings is 1. The molecule has 3 rings (SSSR count). The molecule has 0 unspecified atom stereocenters. The molecule has 1 aliphatic rings. The van der Waals surface area contributed by atoms with E-state index in [0.29, 0.717) is 6.54 Å². The first-order chi connectivity index (χ1) is 10.9. The van der Waals surface area contributed by atoms with Crippen LogP contribution in [0.2, 0.25) is 0 Å². The normalized spacial score (nSPS) is 16.9. The van der Waals surface area contributed by atoms with E-state index in [2.05, 4.69) is 32.8 Å². The van der Waals surface area contributed by atoms with Gasteiger partial charge in [-0.05, 0) is 19.1 Å². The third kappa shape index (κ3) is 4.06. The van der Waals surface area contributed by atoms with Crippen LogP contribution in [0.15, 0.2) is 24.5 Å². The Morgan fingerprint density at radius 2 is 1.91 bits per heavy atom. The topological polar surface area (TPSA) is 89.8 Å². The lowest BCUT2D eigenvalue weighted by Crippen LogP contribution is -2.47. The Kier molecular flexibility index (Phi) is 4.64. The highest BCUT2D eigenvalue weighted by molar-refractivity contribution is 7.51. The summed E-state index contributed by atoms with van der Waals surface area (Å²) < 4.78 is 11.0. The molecule has 124 valence electrons. The third-order valence-corrected chi connectivity index (χ3v) is 4.93. The molecule has 1 aromatic carbocycles. The molecule has 2 heterocycles. The zero-order valence-corrected chi connectivity index (χ0v) is 14.0. The summed E-state index contributed by atoms with van der Waals surface area (Å²) in [6, 6.07) is 6.15. The largest absolute Gasteiger partial charge is 0.353 e. The Bertz CT molecular complexity index is 741. The first kappa shape index (κ1) is 16.3. The summed E-state index contributed by atoms with van der Waals surface area (Å²) in [4.78, 5) is 31.0. The highest BCUT2D eigenvalue weighted by Gasteiger charge is 2.22. The Morgan fingerprint density at radius 1 is 1.17 bits per heavy atom. The molecule has 0 atom stereocenters. The van der Waals surface area contributed by atoms with Crippen molar-refractivity contribution in [2.45, 2.75) is 6.92 Å². The van der Waals surface area contributed by atoms with E-state index in [4.69, 9.17) is 9.79 Å². The maximum absolute atomic E-state index is 11.0. The summed E-state index contributed by atoms with van der Waals surface area (Å²) in [6.45, 7) is 5.62. The second-order valence-corrected chi connectivity index (χ2v) is 7.71. The van der Waals surface area contributed by atoms with E-state index < -0.39 is 7.60 Å². The van der Waals surface area contributed by atoms with Crippen LogP contribution in [-0.4, -0.2) is 63.5 Å². The minimum absolute atomic E-state index is 0.0807. The summed E-state index contributed by atoms with van der Waals surface area (Å²) in [5, 5.41) is 1.05. The lowest BCUT2D eigenvalue weighted by atomic mass is 10.1. The van der Waals surface area contributed by atoms with Gasteiger partial charge >= 0.3 is 7.60 Å². The Morgan fingerprint density at radius 3 is 2.61 bits per heavy atom. The fraction of sp³-hybridized carbons (Fsp3) is 0.467. The number of anilines is 1. The van der Waals surface area contributed by atoms with Crippen LogP contribution in [0.4, 0.5) is 5.82 Å². The van der Waals surface area contributed by atoms with Crippen molar-refractivity contribution in [2.75, 3.05) is 43.8 Å². The van der Waals surface area contributed by atoms with Crippen molar-refractivity contribution in [3.63, 3.8) is 0 Å². The van der Waals surface area contributed by atoms with E-state index in [1.807, 2.05) is 12.1 Å². The van der Waals surface area contributed by atoms with Crippen molar-refractivity contribution >= 4 is 24.3 Å². The van der Waals surface area contributed by atoms with Crippen molar-refractivity contribution in [1.82, 2.24) is 14.9 Å². The Hall–Kier alpha value is -1.53. The molecular formula is C15H21N4O3P. The molecule has 7 nitrogen and oxygen atoms in total. The minimum Gasteiger partial charge on any atom is -0.353 e. The zero-order chi connectivity index (χ0) is 16.4. The summed E-state index contributed by atoms with van der Waals surface area (Å²) in [5.74, 6) is 0.938. The van der Waals surface area contributed by atoms with E-state index in [0.717, 1.165) is 42.9 Å². The van der Waals surface area contributed by atoms with Crippen LogP contribution < -0.4 is 4.90 Å². The molecule has 0 amide bonds. The summed E-state index contributed by atoms with van der Waals surface area (Å²) >= 11 is 0. The maximum atomic E-state index is 11.0. The number of rotatable bonds is 4. The molecule has 2 aromatic rings. The first-order valence-electron chi connectivity index (χ1n) is 7.66. The summed E-state index contributed by atoms with van der Waals surface area (Å²) in [7, 11) is -3.92. The van der Waals surface area contributed by atoms with Crippen LogP contribution in [-0.2, 0) is 4.57 Å². The summed E-state index contributed by atoms with van der Waals surface area (Å²) in [5.41, 5.74) is 2.11. The maximum Gasteiger partial charge on any atom is 0.326 e. The van der Waals surface area contributed by atoms with E-state index in [9.17, 15) is 4.57 Å². The second kappa shape index (κ2) is 6.53. The van der Waals surface area contributed by atoms with Crippen molar-refractivity contribution in [2.24, 2.45) is 0 Å². The molecule has 8 heteroatoms. The minimum atomic E-state index is -3.92. The quantitative estimate of drug-likeness (QED) is 0.812. The van der Waals surface area contributed by atoms with Crippen LogP contribution in [0.5, 0.6) is 0 Å². The van der Waals surface area contributed by atoms with Gasteiger partial charge in [0.25, 0.3) is 0 Å². The van der Waals surface area contributed by atoms with Crippen LogP contribution >= 0.6 is 7.60 Å². The summed E-state index contributed by atoms with van der Waals surface area (Å²) in [6.07, 6.45) is 1.51. The van der Waals surface area contributed by atoms with Gasteiger partial charge in [0.2, 0.25) is 0 Å². The zero-order valence-electron chi connectivity index (χ0n) is 13.1. The number of hydrogen-bond donors (Lipinski definition) is 2. The van der Waals surface area contributed by atoms with Gasteiger partial charge < -0.3 is 14.7 Å². The fourth-order valence-corrected chi connectivity index (χ4v) is 3.41. The van der Waals surface area contributed by atoms with Gasteiger partial charge in [-0.1, -0.05) is 11.6 Å². The average Bonchev–Trinajstić information content (AvgIpc) is 2.52. The second-order valence-electron chi connectivity index (χ2n) is 5.93. The smallest absolute Gasteiger partial charge is 0.326 e. The van der Waals surface area contributed by atoms with Gasteiger partial charge in [0.15, 0.2) is 0 Å². The van der Waals surface area contributed by atoms with Gasteiger partial charge in [-0.3, -0.25) is 9.46 Å². The molecule has 0 bridgehead atoms. The number of hydrogen-bond acceptors (Lipinski definition) is 5. The van der Waals surface area contributed by atoms with Crippen molar-refractivity contribution in [1.29, 1.82) is 0 Å². The predicted molar refractivity (Wildman–Crippen MR) is 89.8 cm³/mol.